The van der Waals surface area contributed by atoms with Crippen LogP contribution >= 0.6 is 11.6 Å². The summed E-state index contributed by atoms with van der Waals surface area (Å²) in [4.78, 5) is 0. The molecule has 100 valence electrons. The normalized spacial score (nSPS) is 17.0. The molecule has 1 aliphatic heterocycles. The van der Waals surface area contributed by atoms with Crippen LogP contribution < -0.4 is 10.6 Å². The Morgan fingerprint density at radius 2 is 2.11 bits per heavy atom. The molecule has 0 spiro atoms. The lowest BCUT2D eigenvalue weighted by Crippen LogP contribution is -2.29. The van der Waals surface area contributed by atoms with Crippen LogP contribution in [0, 0.1) is 11.7 Å². The number of hydrogen-bond acceptors (Lipinski definition) is 2. The smallest absolute Gasteiger partial charge is 0.127 e. The van der Waals surface area contributed by atoms with Crippen molar-refractivity contribution in [2.24, 2.45) is 5.92 Å². The zero-order chi connectivity index (χ0) is 12.8. The first kappa shape index (κ1) is 13.8. The lowest BCUT2D eigenvalue weighted by molar-refractivity contribution is 0.348. The van der Waals surface area contributed by atoms with Gasteiger partial charge in [0.15, 0.2) is 0 Å². The molecule has 0 bridgehead atoms. The van der Waals surface area contributed by atoms with E-state index in [2.05, 4.69) is 10.6 Å². The Bertz CT molecular complexity index is 378. The summed E-state index contributed by atoms with van der Waals surface area (Å²) in [6.45, 7) is 3.76. The van der Waals surface area contributed by atoms with Crippen LogP contribution in [0.1, 0.15) is 24.8 Å². The molecule has 1 saturated heterocycles. The summed E-state index contributed by atoms with van der Waals surface area (Å²) in [6.07, 6.45) is 3.68. The van der Waals surface area contributed by atoms with Crippen molar-refractivity contribution >= 4 is 11.6 Å². The van der Waals surface area contributed by atoms with Crippen LogP contribution in [0.4, 0.5) is 4.39 Å². The molecule has 1 fully saturated rings. The van der Waals surface area contributed by atoms with Crippen LogP contribution in [-0.2, 0) is 6.54 Å². The molecular formula is C14H20ClFN2. The molecule has 0 amide bonds. The Labute approximate surface area is 113 Å². The maximum Gasteiger partial charge on any atom is 0.127 e. The minimum Gasteiger partial charge on any atom is -0.317 e. The highest BCUT2D eigenvalue weighted by Gasteiger charge is 2.12. The third-order valence-electron chi connectivity index (χ3n) is 3.51. The molecule has 0 aromatic heterocycles. The fraction of sp³-hybridized carbons (Fsp3) is 0.571. The number of nitrogens with one attached hydrogen (secondary N) is 2. The molecule has 0 unspecified atom stereocenters. The first-order chi connectivity index (χ1) is 8.75. The first-order valence-corrected chi connectivity index (χ1v) is 6.99. The van der Waals surface area contributed by atoms with E-state index >= 15 is 0 Å². The van der Waals surface area contributed by atoms with E-state index in [9.17, 15) is 4.39 Å². The molecule has 2 N–H and O–H groups in total. The van der Waals surface area contributed by atoms with Crippen molar-refractivity contribution in [1.29, 1.82) is 0 Å². The van der Waals surface area contributed by atoms with E-state index in [1.54, 1.807) is 12.1 Å². The molecule has 4 heteroatoms. The Morgan fingerprint density at radius 3 is 2.89 bits per heavy atom. The second-order valence-electron chi connectivity index (χ2n) is 4.89. The topological polar surface area (TPSA) is 24.1 Å². The molecule has 0 aliphatic carbocycles. The van der Waals surface area contributed by atoms with Gasteiger partial charge in [0.25, 0.3) is 0 Å². The number of halogens is 2. The second-order valence-corrected chi connectivity index (χ2v) is 5.33. The van der Waals surface area contributed by atoms with E-state index < -0.39 is 0 Å². The molecule has 0 radical (unpaired) electrons. The molecule has 1 heterocycles. The summed E-state index contributed by atoms with van der Waals surface area (Å²) < 4.78 is 13.4. The molecule has 0 saturated carbocycles. The fourth-order valence-electron chi connectivity index (χ4n) is 2.38. The van der Waals surface area contributed by atoms with Gasteiger partial charge in [-0.3, -0.25) is 0 Å². The van der Waals surface area contributed by atoms with Gasteiger partial charge in [-0.15, -0.1) is 0 Å². The third kappa shape index (κ3) is 4.23. The lowest BCUT2D eigenvalue weighted by atomic mass is 9.95. The molecule has 1 aromatic rings. The van der Waals surface area contributed by atoms with Crippen molar-refractivity contribution < 1.29 is 4.39 Å². The Morgan fingerprint density at radius 1 is 1.33 bits per heavy atom. The van der Waals surface area contributed by atoms with Crippen molar-refractivity contribution in [1.82, 2.24) is 10.6 Å². The minimum atomic E-state index is -0.186. The molecule has 0 atom stereocenters. The molecular weight excluding hydrogens is 251 g/mol. The number of rotatable bonds is 5. The predicted octanol–water partition coefficient (Wildman–Crippen LogP) is 2.96. The average Bonchev–Trinajstić information content (AvgIpc) is 2.40. The summed E-state index contributed by atoms with van der Waals surface area (Å²) in [6, 6.07) is 4.69. The molecule has 2 rings (SSSR count). The van der Waals surface area contributed by atoms with E-state index in [1.165, 1.54) is 25.3 Å². The monoisotopic (exact) mass is 270 g/mol. The fourth-order valence-corrected chi connectivity index (χ4v) is 2.57. The van der Waals surface area contributed by atoms with Gasteiger partial charge in [-0.25, -0.2) is 4.39 Å². The zero-order valence-electron chi connectivity index (χ0n) is 10.5. The van der Waals surface area contributed by atoms with Crippen LogP contribution in [0.25, 0.3) is 0 Å². The zero-order valence-corrected chi connectivity index (χ0v) is 11.3. The first-order valence-electron chi connectivity index (χ1n) is 6.61. The Hall–Kier alpha value is -0.640. The minimum absolute atomic E-state index is 0.186. The molecule has 1 aliphatic rings. The van der Waals surface area contributed by atoms with Crippen molar-refractivity contribution in [2.75, 3.05) is 19.6 Å². The maximum atomic E-state index is 13.4. The highest BCUT2D eigenvalue weighted by Crippen LogP contribution is 2.16. The molecule has 18 heavy (non-hydrogen) atoms. The van der Waals surface area contributed by atoms with Gasteiger partial charge >= 0.3 is 0 Å². The predicted molar refractivity (Wildman–Crippen MR) is 73.3 cm³/mol. The summed E-state index contributed by atoms with van der Waals surface area (Å²) in [5.74, 6) is 0.622. The SMILES string of the molecule is Fc1ccc(Cl)cc1CNCCC1CCNCC1. The van der Waals surface area contributed by atoms with E-state index in [0.29, 0.717) is 17.1 Å². The van der Waals surface area contributed by atoms with Gasteiger partial charge in [-0.2, -0.15) is 0 Å². The Balaban J connectivity index is 1.69. The van der Waals surface area contributed by atoms with E-state index in [4.69, 9.17) is 11.6 Å². The highest BCUT2D eigenvalue weighted by molar-refractivity contribution is 6.30. The number of piperidine rings is 1. The van der Waals surface area contributed by atoms with Crippen LogP contribution in [0.2, 0.25) is 5.02 Å². The van der Waals surface area contributed by atoms with Crippen molar-refractivity contribution in [3.8, 4) is 0 Å². The van der Waals surface area contributed by atoms with E-state index in [0.717, 1.165) is 25.6 Å². The van der Waals surface area contributed by atoms with Gasteiger partial charge in [-0.1, -0.05) is 11.6 Å². The van der Waals surface area contributed by atoms with Crippen molar-refractivity contribution in [2.45, 2.75) is 25.8 Å². The van der Waals surface area contributed by atoms with Gasteiger partial charge in [0.05, 0.1) is 0 Å². The summed E-state index contributed by atoms with van der Waals surface area (Å²) in [5, 5.41) is 7.25. The maximum absolute atomic E-state index is 13.4. The van der Waals surface area contributed by atoms with Gasteiger partial charge < -0.3 is 10.6 Å². The van der Waals surface area contributed by atoms with Crippen molar-refractivity contribution in [3.05, 3.63) is 34.6 Å². The molecule has 1 aromatic carbocycles. The van der Waals surface area contributed by atoms with E-state index in [-0.39, 0.29) is 5.82 Å². The third-order valence-corrected chi connectivity index (χ3v) is 3.75. The second kappa shape index (κ2) is 7.07. The van der Waals surface area contributed by atoms with Crippen LogP contribution in [0.3, 0.4) is 0 Å². The van der Waals surface area contributed by atoms with Crippen molar-refractivity contribution in [3.63, 3.8) is 0 Å². The van der Waals surface area contributed by atoms with E-state index in [1.807, 2.05) is 0 Å². The summed E-state index contributed by atoms with van der Waals surface area (Å²) >= 11 is 5.85. The van der Waals surface area contributed by atoms with Crippen LogP contribution in [-0.4, -0.2) is 19.6 Å². The Kier molecular flexibility index (Phi) is 5.42. The molecule has 2 nitrogen and oxygen atoms in total. The summed E-state index contributed by atoms with van der Waals surface area (Å²) in [7, 11) is 0. The number of hydrogen-bond donors (Lipinski definition) is 2. The quantitative estimate of drug-likeness (QED) is 0.804. The highest BCUT2D eigenvalue weighted by atomic mass is 35.5. The van der Waals surface area contributed by atoms with Gasteiger partial charge in [0.1, 0.15) is 5.82 Å². The van der Waals surface area contributed by atoms with Gasteiger partial charge in [0, 0.05) is 17.1 Å². The average molecular weight is 271 g/mol. The van der Waals surface area contributed by atoms with Crippen LogP contribution in [0.5, 0.6) is 0 Å². The summed E-state index contributed by atoms with van der Waals surface area (Å²) in [5.41, 5.74) is 0.646. The lowest BCUT2D eigenvalue weighted by Gasteiger charge is -2.22. The largest absolute Gasteiger partial charge is 0.317 e. The number of benzene rings is 1. The van der Waals surface area contributed by atoms with Gasteiger partial charge in [0.2, 0.25) is 0 Å². The standard InChI is InChI=1S/C14H20ClFN2/c15-13-1-2-14(16)12(9-13)10-18-8-5-11-3-6-17-7-4-11/h1-2,9,11,17-18H,3-8,10H2. The van der Waals surface area contributed by atoms with Gasteiger partial charge in [-0.05, 0) is 63.0 Å². The van der Waals surface area contributed by atoms with Crippen LogP contribution in [0.15, 0.2) is 18.2 Å².